The number of amides is 1. The van der Waals surface area contributed by atoms with Crippen molar-refractivity contribution < 1.29 is 4.79 Å². The SMILES string of the molecule is Cl.Cn1c(=O)n(CC(=O)N2C[C@@H](N)[C@H](c3ccccc3)C2)c2ccccc21. The Morgan fingerprint density at radius 3 is 2.37 bits per heavy atom. The van der Waals surface area contributed by atoms with Crippen LogP contribution in [-0.4, -0.2) is 39.1 Å². The number of imidazole rings is 1. The molecule has 0 bridgehead atoms. The lowest BCUT2D eigenvalue weighted by atomic mass is 9.95. The Labute approximate surface area is 163 Å². The molecule has 1 aromatic heterocycles. The highest BCUT2D eigenvalue weighted by Gasteiger charge is 2.34. The van der Waals surface area contributed by atoms with E-state index < -0.39 is 0 Å². The summed E-state index contributed by atoms with van der Waals surface area (Å²) in [5.41, 5.74) is 8.86. The molecule has 142 valence electrons. The van der Waals surface area contributed by atoms with Crippen molar-refractivity contribution in [3.05, 3.63) is 70.6 Å². The average molecular weight is 387 g/mol. The van der Waals surface area contributed by atoms with E-state index in [4.69, 9.17) is 5.73 Å². The smallest absolute Gasteiger partial charge is 0.329 e. The Hall–Kier alpha value is -2.57. The second-order valence-electron chi connectivity index (χ2n) is 6.90. The Morgan fingerprint density at radius 2 is 1.67 bits per heavy atom. The molecule has 3 aromatic rings. The van der Waals surface area contributed by atoms with Gasteiger partial charge in [-0.2, -0.15) is 0 Å². The number of rotatable bonds is 3. The van der Waals surface area contributed by atoms with Crippen molar-refractivity contribution in [2.75, 3.05) is 13.1 Å². The topological polar surface area (TPSA) is 73.3 Å². The van der Waals surface area contributed by atoms with Gasteiger partial charge in [0.25, 0.3) is 0 Å². The van der Waals surface area contributed by atoms with Crippen LogP contribution >= 0.6 is 12.4 Å². The lowest BCUT2D eigenvalue weighted by Gasteiger charge is -2.17. The number of benzene rings is 2. The number of nitrogens with two attached hydrogens (primary N) is 1. The number of hydrogen-bond donors (Lipinski definition) is 1. The van der Waals surface area contributed by atoms with Crippen molar-refractivity contribution in [1.29, 1.82) is 0 Å². The zero-order valence-electron chi connectivity index (χ0n) is 15.1. The predicted octanol–water partition coefficient (Wildman–Crippen LogP) is 1.72. The first-order chi connectivity index (χ1) is 12.6. The molecule has 0 aliphatic carbocycles. The number of para-hydroxylation sites is 2. The number of likely N-dealkylation sites (tertiary alicyclic amines) is 1. The molecule has 0 spiro atoms. The first-order valence-corrected chi connectivity index (χ1v) is 8.79. The summed E-state index contributed by atoms with van der Waals surface area (Å²) in [7, 11) is 1.73. The average Bonchev–Trinajstić information content (AvgIpc) is 3.17. The van der Waals surface area contributed by atoms with Gasteiger partial charge in [0.2, 0.25) is 5.91 Å². The molecule has 1 aliphatic rings. The van der Waals surface area contributed by atoms with E-state index in [-0.39, 0.29) is 42.5 Å². The van der Waals surface area contributed by atoms with Gasteiger partial charge in [0.15, 0.2) is 0 Å². The number of carbonyl (C=O) groups is 1. The van der Waals surface area contributed by atoms with Crippen molar-refractivity contribution in [3.63, 3.8) is 0 Å². The first kappa shape index (κ1) is 19.2. The van der Waals surface area contributed by atoms with Crippen LogP contribution in [0.15, 0.2) is 59.4 Å². The molecule has 2 atom stereocenters. The van der Waals surface area contributed by atoms with E-state index in [1.54, 1.807) is 21.1 Å². The highest BCUT2D eigenvalue weighted by atomic mass is 35.5. The van der Waals surface area contributed by atoms with Crippen molar-refractivity contribution in [2.24, 2.45) is 12.8 Å². The Kier molecular flexibility index (Phi) is 5.39. The van der Waals surface area contributed by atoms with Gasteiger partial charge in [0, 0.05) is 32.1 Å². The normalized spacial score (nSPS) is 19.3. The van der Waals surface area contributed by atoms with Gasteiger partial charge in [-0.25, -0.2) is 4.79 Å². The molecule has 1 amide bonds. The minimum Gasteiger partial charge on any atom is -0.339 e. The molecule has 2 N–H and O–H groups in total. The maximum Gasteiger partial charge on any atom is 0.329 e. The third-order valence-corrected chi connectivity index (χ3v) is 5.29. The minimum atomic E-state index is -0.178. The fourth-order valence-electron chi connectivity index (χ4n) is 3.84. The van der Waals surface area contributed by atoms with Crippen LogP contribution in [-0.2, 0) is 18.4 Å². The summed E-state index contributed by atoms with van der Waals surface area (Å²) >= 11 is 0. The van der Waals surface area contributed by atoms with Gasteiger partial charge >= 0.3 is 5.69 Å². The van der Waals surface area contributed by atoms with E-state index >= 15 is 0 Å². The third-order valence-electron chi connectivity index (χ3n) is 5.29. The Morgan fingerprint density at radius 1 is 1.04 bits per heavy atom. The molecule has 0 unspecified atom stereocenters. The molecule has 7 heteroatoms. The van der Waals surface area contributed by atoms with Gasteiger partial charge in [0.1, 0.15) is 6.54 Å². The van der Waals surface area contributed by atoms with Crippen molar-refractivity contribution in [2.45, 2.75) is 18.5 Å². The van der Waals surface area contributed by atoms with Crippen LogP contribution in [0.4, 0.5) is 0 Å². The lowest BCUT2D eigenvalue weighted by molar-refractivity contribution is -0.130. The third kappa shape index (κ3) is 3.38. The van der Waals surface area contributed by atoms with Gasteiger partial charge in [-0.1, -0.05) is 42.5 Å². The van der Waals surface area contributed by atoms with Gasteiger partial charge in [-0.05, 0) is 17.7 Å². The standard InChI is InChI=1S/C20H22N4O2.ClH/c1-22-17-9-5-6-10-18(17)24(20(22)26)13-19(25)23-11-15(16(21)12-23)14-7-3-2-4-8-14;/h2-10,15-16H,11-13,21H2,1H3;1H/t15-,16+;/m0./s1. The molecule has 2 aromatic carbocycles. The van der Waals surface area contributed by atoms with E-state index in [1.807, 2.05) is 54.6 Å². The maximum atomic E-state index is 12.8. The van der Waals surface area contributed by atoms with E-state index in [2.05, 4.69) is 0 Å². The summed E-state index contributed by atoms with van der Waals surface area (Å²) in [4.78, 5) is 27.1. The Bertz CT molecular complexity index is 1010. The highest BCUT2D eigenvalue weighted by molar-refractivity contribution is 5.85. The second-order valence-corrected chi connectivity index (χ2v) is 6.90. The van der Waals surface area contributed by atoms with Gasteiger partial charge in [0.05, 0.1) is 11.0 Å². The van der Waals surface area contributed by atoms with Crippen LogP contribution in [0.2, 0.25) is 0 Å². The molecule has 1 aliphatic heterocycles. The molecule has 27 heavy (non-hydrogen) atoms. The summed E-state index contributed by atoms with van der Waals surface area (Å²) in [5.74, 6) is 0.0572. The molecule has 2 heterocycles. The molecular weight excluding hydrogens is 364 g/mol. The van der Waals surface area contributed by atoms with Crippen molar-refractivity contribution in [3.8, 4) is 0 Å². The van der Waals surface area contributed by atoms with E-state index in [0.717, 1.165) is 16.6 Å². The van der Waals surface area contributed by atoms with Gasteiger partial charge in [-0.3, -0.25) is 13.9 Å². The predicted molar refractivity (Wildman–Crippen MR) is 108 cm³/mol. The molecule has 0 radical (unpaired) electrons. The molecule has 6 nitrogen and oxygen atoms in total. The maximum absolute atomic E-state index is 12.8. The number of aromatic nitrogens is 2. The first-order valence-electron chi connectivity index (χ1n) is 8.79. The minimum absolute atomic E-state index is 0. The number of carbonyl (C=O) groups excluding carboxylic acids is 1. The summed E-state index contributed by atoms with van der Waals surface area (Å²) < 4.78 is 3.12. The monoisotopic (exact) mass is 386 g/mol. The number of aryl methyl sites for hydroxylation is 1. The number of nitrogens with zero attached hydrogens (tertiary/aromatic N) is 3. The summed E-state index contributed by atoms with van der Waals surface area (Å²) in [6.07, 6.45) is 0. The number of halogens is 1. The van der Waals surface area contributed by atoms with E-state index in [0.29, 0.717) is 13.1 Å². The summed E-state index contributed by atoms with van der Waals surface area (Å²) in [6.45, 7) is 1.13. The fourth-order valence-corrected chi connectivity index (χ4v) is 3.84. The van der Waals surface area contributed by atoms with Crippen molar-refractivity contribution in [1.82, 2.24) is 14.0 Å². The van der Waals surface area contributed by atoms with Crippen molar-refractivity contribution >= 4 is 29.3 Å². The van der Waals surface area contributed by atoms with E-state index in [9.17, 15) is 9.59 Å². The molecule has 0 saturated carbocycles. The van der Waals surface area contributed by atoms with Crippen LogP contribution < -0.4 is 11.4 Å². The fraction of sp³-hybridized carbons (Fsp3) is 0.300. The van der Waals surface area contributed by atoms with Gasteiger partial charge < -0.3 is 10.6 Å². The second kappa shape index (κ2) is 7.58. The quantitative estimate of drug-likeness (QED) is 0.744. The molecular formula is C20H23ClN4O2. The van der Waals surface area contributed by atoms with Crippen LogP contribution in [0.25, 0.3) is 11.0 Å². The van der Waals surface area contributed by atoms with E-state index in [1.165, 1.54) is 0 Å². The van der Waals surface area contributed by atoms with Crippen LogP contribution in [0.3, 0.4) is 0 Å². The Balaban J connectivity index is 0.00000210. The zero-order chi connectivity index (χ0) is 18.3. The largest absolute Gasteiger partial charge is 0.339 e. The number of hydrogen-bond acceptors (Lipinski definition) is 3. The molecule has 1 fully saturated rings. The summed E-state index contributed by atoms with van der Waals surface area (Å²) in [5, 5.41) is 0. The lowest BCUT2D eigenvalue weighted by Crippen LogP contribution is -2.36. The summed E-state index contributed by atoms with van der Waals surface area (Å²) in [6, 6.07) is 17.5. The highest BCUT2D eigenvalue weighted by Crippen LogP contribution is 2.26. The zero-order valence-corrected chi connectivity index (χ0v) is 15.9. The van der Waals surface area contributed by atoms with Crippen LogP contribution in [0, 0.1) is 0 Å². The molecule has 4 rings (SSSR count). The number of fused-ring (bicyclic) bond motifs is 1. The van der Waals surface area contributed by atoms with Crippen LogP contribution in [0.1, 0.15) is 11.5 Å². The van der Waals surface area contributed by atoms with Crippen LogP contribution in [0.5, 0.6) is 0 Å². The van der Waals surface area contributed by atoms with Gasteiger partial charge in [-0.15, -0.1) is 12.4 Å². The molecule has 1 saturated heterocycles.